The maximum atomic E-state index is 13.7. The van der Waals surface area contributed by atoms with Crippen LogP contribution in [0.2, 0.25) is 0 Å². The van der Waals surface area contributed by atoms with Gasteiger partial charge in [-0.15, -0.1) is 0 Å². The number of benzene rings is 3. The van der Waals surface area contributed by atoms with Crippen LogP contribution in [0.25, 0.3) is 11.1 Å². The first-order chi connectivity index (χ1) is 22.9. The van der Waals surface area contributed by atoms with Crippen LogP contribution in [0.4, 0.5) is 5.69 Å². The second-order valence-corrected chi connectivity index (χ2v) is 11.5. The Morgan fingerprint density at radius 3 is 2.53 bits per heavy atom. The van der Waals surface area contributed by atoms with Gasteiger partial charge in [0.15, 0.2) is 13.2 Å². The molecule has 2 atom stereocenters. The molecule has 4 amide bonds. The van der Waals surface area contributed by atoms with Gasteiger partial charge in [-0.2, -0.15) is 0 Å². The summed E-state index contributed by atoms with van der Waals surface area (Å²) < 4.78 is 17.6. The van der Waals surface area contributed by atoms with Gasteiger partial charge >= 0.3 is 0 Å². The number of fused-ring (bicyclic) bond motifs is 8. The Kier molecular flexibility index (Phi) is 8.13. The maximum absolute atomic E-state index is 13.7. The molecule has 238 valence electrons. The van der Waals surface area contributed by atoms with E-state index in [9.17, 15) is 19.2 Å². The molecule has 1 fully saturated rings. The Balaban J connectivity index is 1.17. The smallest absolute Gasteiger partial charge is 0.262 e. The molecule has 4 aromatic rings. The maximum Gasteiger partial charge on any atom is 0.262 e. The van der Waals surface area contributed by atoms with Crippen molar-refractivity contribution < 1.29 is 33.4 Å². The van der Waals surface area contributed by atoms with Gasteiger partial charge in [-0.25, -0.2) is 0 Å². The van der Waals surface area contributed by atoms with Gasteiger partial charge in [0.25, 0.3) is 23.6 Å². The van der Waals surface area contributed by atoms with E-state index in [0.29, 0.717) is 59.1 Å². The topological polar surface area (TPSA) is 148 Å². The number of aromatic nitrogens is 1. The Morgan fingerprint density at radius 2 is 1.66 bits per heavy atom. The molecule has 0 spiro atoms. The van der Waals surface area contributed by atoms with Crippen molar-refractivity contribution in [1.29, 1.82) is 0 Å². The van der Waals surface area contributed by atoms with Crippen molar-refractivity contribution in [2.24, 2.45) is 0 Å². The summed E-state index contributed by atoms with van der Waals surface area (Å²) in [6, 6.07) is 20.7. The summed E-state index contributed by atoms with van der Waals surface area (Å²) in [6.07, 6.45) is 3.16. The van der Waals surface area contributed by atoms with Crippen LogP contribution in [0.15, 0.2) is 85.2 Å². The molecule has 0 unspecified atom stereocenters. The molecule has 4 aliphatic rings. The van der Waals surface area contributed by atoms with Crippen molar-refractivity contribution in [2.75, 3.05) is 31.6 Å². The van der Waals surface area contributed by atoms with E-state index in [1.165, 1.54) is 6.20 Å². The summed E-state index contributed by atoms with van der Waals surface area (Å²) >= 11 is 0. The number of carbonyl (C=O) groups excluding carboxylic acids is 4. The predicted octanol–water partition coefficient (Wildman–Crippen LogP) is 3.18. The molecule has 0 saturated carbocycles. The quantitative estimate of drug-likeness (QED) is 0.290. The summed E-state index contributed by atoms with van der Waals surface area (Å²) in [5.41, 5.74) is 3.60. The van der Waals surface area contributed by atoms with E-state index in [-0.39, 0.29) is 43.4 Å². The van der Waals surface area contributed by atoms with E-state index < -0.39 is 12.1 Å². The molecule has 3 N–H and O–H groups in total. The number of nitrogens with one attached hydrogen (secondary N) is 3. The lowest BCUT2D eigenvalue weighted by molar-refractivity contribution is -0.123. The van der Waals surface area contributed by atoms with Gasteiger partial charge in [0.2, 0.25) is 0 Å². The number of rotatable bonds is 1. The minimum atomic E-state index is -0.557. The monoisotopic (exact) mass is 633 g/mol. The normalized spacial score (nSPS) is 19.3. The Labute approximate surface area is 270 Å². The minimum Gasteiger partial charge on any atom is -0.488 e. The number of nitrogens with zero attached hydrogens (tertiary/aromatic N) is 2. The van der Waals surface area contributed by atoms with Crippen LogP contribution in [0, 0.1) is 0 Å². The van der Waals surface area contributed by atoms with Gasteiger partial charge in [-0.3, -0.25) is 24.2 Å². The van der Waals surface area contributed by atoms with Crippen LogP contribution in [0.1, 0.15) is 32.7 Å². The van der Waals surface area contributed by atoms with E-state index in [4.69, 9.17) is 14.2 Å². The average molecular weight is 634 g/mol. The average Bonchev–Trinajstić information content (AvgIpc) is 3.10. The predicted molar refractivity (Wildman–Crippen MR) is 170 cm³/mol. The number of piperidine rings is 1. The van der Waals surface area contributed by atoms with Crippen molar-refractivity contribution in [3.05, 3.63) is 102 Å². The first-order valence-electron chi connectivity index (χ1n) is 15.3. The molecule has 1 saturated heterocycles. The Hall–Kier alpha value is -5.91. The van der Waals surface area contributed by atoms with Gasteiger partial charge in [0, 0.05) is 49.6 Å². The van der Waals surface area contributed by atoms with Crippen LogP contribution < -0.4 is 30.2 Å². The summed E-state index contributed by atoms with van der Waals surface area (Å²) in [5, 5.41) is 8.70. The number of hydrogen-bond acceptors (Lipinski definition) is 8. The molecule has 5 heterocycles. The SMILES string of the molecule is O=C1COc2cccc(c2)-c2cncc(c2)C(=O)N[C@@H]2CN(C(=O)c3ccc4c(c3)OCC(=O)N4)CC[C@@H]2Oc2ccc(cc2)CN1. The number of pyridine rings is 1. The third-order valence-corrected chi connectivity index (χ3v) is 8.25. The second kappa shape index (κ2) is 12.8. The van der Waals surface area contributed by atoms with Gasteiger partial charge in [-0.1, -0.05) is 24.3 Å². The fraction of sp³-hybridized carbons (Fsp3) is 0.229. The zero-order valence-electron chi connectivity index (χ0n) is 25.2. The molecular weight excluding hydrogens is 602 g/mol. The summed E-state index contributed by atoms with van der Waals surface area (Å²) in [4.78, 5) is 57.5. The van der Waals surface area contributed by atoms with Crippen molar-refractivity contribution in [1.82, 2.24) is 20.5 Å². The highest BCUT2D eigenvalue weighted by Crippen LogP contribution is 2.30. The number of carbonyl (C=O) groups is 4. The lowest BCUT2D eigenvalue weighted by Crippen LogP contribution is -2.58. The third kappa shape index (κ3) is 6.71. The first kappa shape index (κ1) is 29.8. The number of ether oxygens (including phenoxy) is 3. The van der Waals surface area contributed by atoms with Crippen LogP contribution in [-0.2, 0) is 16.1 Å². The van der Waals surface area contributed by atoms with Crippen LogP contribution in [0.5, 0.6) is 17.2 Å². The van der Waals surface area contributed by atoms with Gasteiger partial charge < -0.3 is 35.1 Å². The summed E-state index contributed by atoms with van der Waals surface area (Å²) in [5.74, 6) is 0.423. The highest BCUT2D eigenvalue weighted by molar-refractivity contribution is 5.99. The number of amides is 4. The van der Waals surface area contributed by atoms with Crippen LogP contribution in [0.3, 0.4) is 0 Å². The molecule has 6 bridgehead atoms. The van der Waals surface area contributed by atoms with E-state index in [0.717, 1.165) is 11.1 Å². The lowest BCUT2D eigenvalue weighted by atomic mass is 9.99. The lowest BCUT2D eigenvalue weighted by Gasteiger charge is -2.39. The second-order valence-electron chi connectivity index (χ2n) is 11.5. The van der Waals surface area contributed by atoms with Crippen molar-refractivity contribution in [3.63, 3.8) is 0 Å². The molecule has 8 rings (SSSR count). The van der Waals surface area contributed by atoms with Crippen molar-refractivity contribution in [3.8, 4) is 28.4 Å². The fourth-order valence-electron chi connectivity index (χ4n) is 5.79. The van der Waals surface area contributed by atoms with E-state index in [1.807, 2.05) is 36.4 Å². The van der Waals surface area contributed by atoms with Gasteiger partial charge in [0.1, 0.15) is 23.4 Å². The van der Waals surface area contributed by atoms with E-state index in [2.05, 4.69) is 20.9 Å². The van der Waals surface area contributed by atoms with Crippen molar-refractivity contribution >= 4 is 29.3 Å². The molecule has 0 aliphatic carbocycles. The van der Waals surface area contributed by atoms with E-state index in [1.54, 1.807) is 47.5 Å². The highest BCUT2D eigenvalue weighted by Gasteiger charge is 2.35. The third-order valence-electron chi connectivity index (χ3n) is 8.25. The molecule has 3 aromatic carbocycles. The number of likely N-dealkylation sites (tertiary alicyclic amines) is 1. The summed E-state index contributed by atoms with van der Waals surface area (Å²) in [6.45, 7) is 0.643. The van der Waals surface area contributed by atoms with Crippen molar-refractivity contribution in [2.45, 2.75) is 25.1 Å². The molecule has 0 radical (unpaired) electrons. The Morgan fingerprint density at radius 1 is 0.830 bits per heavy atom. The highest BCUT2D eigenvalue weighted by atomic mass is 16.5. The number of hydrogen-bond donors (Lipinski definition) is 3. The molecular formula is C35H31N5O7. The standard InChI is InChI=1S/C35H31N5O7/c41-32-19-45-27-3-1-2-22(13-27)24-12-25(17-36-16-24)34(43)39-29-18-40(11-10-30(29)47-26-7-4-21(5-8-26)15-37-32)35(44)23-6-9-28-31(14-23)46-20-33(42)38-28/h1-9,12-14,16-17,29-30H,10-11,15,18-20H2,(H,37,41)(H,38,42)(H,39,43)/t29-,30+/m1/s1. The molecule has 1 aromatic heterocycles. The van der Waals surface area contributed by atoms with Gasteiger partial charge in [0.05, 0.1) is 17.3 Å². The fourth-order valence-corrected chi connectivity index (χ4v) is 5.79. The van der Waals surface area contributed by atoms with Gasteiger partial charge in [-0.05, 0) is 59.7 Å². The van der Waals surface area contributed by atoms with Crippen LogP contribution in [-0.4, -0.2) is 72.0 Å². The number of anilines is 1. The molecule has 12 nitrogen and oxygen atoms in total. The Bertz CT molecular complexity index is 1860. The van der Waals surface area contributed by atoms with Crippen LogP contribution >= 0.6 is 0 Å². The minimum absolute atomic E-state index is 0.119. The molecule has 47 heavy (non-hydrogen) atoms. The van der Waals surface area contributed by atoms with E-state index >= 15 is 0 Å². The zero-order valence-corrected chi connectivity index (χ0v) is 25.2. The first-order valence-corrected chi connectivity index (χ1v) is 15.3. The molecule has 12 heteroatoms. The largest absolute Gasteiger partial charge is 0.488 e. The molecule has 4 aliphatic heterocycles. The summed E-state index contributed by atoms with van der Waals surface area (Å²) in [7, 11) is 0. The zero-order chi connectivity index (χ0) is 32.3.